The maximum atomic E-state index is 12.6. The molecule has 0 fully saturated rings. The number of amides is 1. The van der Waals surface area contributed by atoms with Gasteiger partial charge in [0.15, 0.2) is 5.69 Å². The minimum absolute atomic E-state index is 0.240. The number of aromatic nitrogens is 3. The van der Waals surface area contributed by atoms with Crippen LogP contribution in [-0.2, 0) is 13.2 Å². The molecule has 1 atom stereocenters. The van der Waals surface area contributed by atoms with Crippen LogP contribution >= 0.6 is 11.3 Å². The molecule has 22 heavy (non-hydrogen) atoms. The average Bonchev–Trinajstić information content (AvgIpc) is 3.04. The summed E-state index contributed by atoms with van der Waals surface area (Å²) in [7, 11) is 1.71. The molecule has 1 amide bonds. The monoisotopic (exact) mass is 332 g/mol. The van der Waals surface area contributed by atoms with Gasteiger partial charge in [0.05, 0.1) is 17.8 Å². The molecule has 2 aromatic rings. The molecule has 2 aromatic heterocycles. The lowest BCUT2D eigenvalue weighted by atomic mass is 10.2. The van der Waals surface area contributed by atoms with Crippen molar-refractivity contribution < 1.29 is 18.0 Å². The fraction of sp³-hybridized carbons (Fsp3) is 0.462. The van der Waals surface area contributed by atoms with Gasteiger partial charge in [-0.15, -0.1) is 11.3 Å². The van der Waals surface area contributed by atoms with E-state index in [0.29, 0.717) is 17.7 Å². The van der Waals surface area contributed by atoms with E-state index in [9.17, 15) is 18.0 Å². The summed E-state index contributed by atoms with van der Waals surface area (Å²) in [6, 6.07) is -0.562. The first kappa shape index (κ1) is 16.5. The van der Waals surface area contributed by atoms with Gasteiger partial charge in [0.1, 0.15) is 5.01 Å². The Kier molecular flexibility index (Phi) is 4.55. The van der Waals surface area contributed by atoms with Crippen LogP contribution in [0.5, 0.6) is 0 Å². The van der Waals surface area contributed by atoms with Crippen LogP contribution in [0.2, 0.25) is 0 Å². The number of thiazole rings is 1. The lowest BCUT2D eigenvalue weighted by Crippen LogP contribution is -2.28. The maximum absolute atomic E-state index is 12.6. The van der Waals surface area contributed by atoms with Crippen LogP contribution in [0.4, 0.5) is 13.2 Å². The normalized spacial score (nSPS) is 13.2. The van der Waals surface area contributed by atoms with E-state index in [2.05, 4.69) is 15.4 Å². The standard InChI is InChI=1S/C13H15F3N4OS/c1-4-9(12-19-10(6-22-12)13(14,15)16)18-11(21)8-5-17-20(3)7(8)2/h5-6,9H,4H2,1-3H3,(H,18,21)/t9-/m0/s1. The van der Waals surface area contributed by atoms with Crippen molar-refractivity contribution in [2.75, 3.05) is 0 Å². The predicted molar refractivity (Wildman–Crippen MR) is 75.6 cm³/mol. The second kappa shape index (κ2) is 6.07. The van der Waals surface area contributed by atoms with E-state index in [1.54, 1.807) is 25.6 Å². The molecule has 9 heteroatoms. The summed E-state index contributed by atoms with van der Waals surface area (Å²) in [5.74, 6) is -0.374. The van der Waals surface area contributed by atoms with E-state index >= 15 is 0 Å². The Balaban J connectivity index is 2.17. The second-order valence-corrected chi connectivity index (χ2v) is 5.66. The quantitative estimate of drug-likeness (QED) is 0.936. The largest absolute Gasteiger partial charge is 0.434 e. The number of halogens is 3. The highest BCUT2D eigenvalue weighted by molar-refractivity contribution is 7.09. The van der Waals surface area contributed by atoms with E-state index in [4.69, 9.17) is 0 Å². The number of rotatable bonds is 4. The van der Waals surface area contributed by atoms with Crippen LogP contribution in [0.25, 0.3) is 0 Å². The molecule has 120 valence electrons. The highest BCUT2D eigenvalue weighted by Crippen LogP contribution is 2.32. The van der Waals surface area contributed by atoms with Crippen molar-refractivity contribution in [1.82, 2.24) is 20.1 Å². The van der Waals surface area contributed by atoms with Crippen LogP contribution in [-0.4, -0.2) is 20.7 Å². The fourth-order valence-electron chi connectivity index (χ4n) is 1.87. The highest BCUT2D eigenvalue weighted by atomic mass is 32.1. The Labute approximate surface area is 129 Å². The van der Waals surface area contributed by atoms with Crippen LogP contribution < -0.4 is 5.32 Å². The van der Waals surface area contributed by atoms with Crippen molar-refractivity contribution in [2.45, 2.75) is 32.5 Å². The number of carbonyl (C=O) groups is 1. The molecule has 0 aliphatic heterocycles. The third-order valence-corrected chi connectivity index (χ3v) is 4.26. The zero-order chi connectivity index (χ0) is 16.5. The number of alkyl halides is 3. The van der Waals surface area contributed by atoms with Gasteiger partial charge in [-0.05, 0) is 13.3 Å². The summed E-state index contributed by atoms with van der Waals surface area (Å²) in [5.41, 5.74) is 0.147. The van der Waals surface area contributed by atoms with Gasteiger partial charge >= 0.3 is 6.18 Å². The first-order chi connectivity index (χ1) is 10.2. The summed E-state index contributed by atoms with van der Waals surface area (Å²) in [4.78, 5) is 15.8. The zero-order valence-electron chi connectivity index (χ0n) is 12.2. The number of nitrogens with zero attached hydrogens (tertiary/aromatic N) is 3. The van der Waals surface area contributed by atoms with E-state index < -0.39 is 17.9 Å². The fourth-order valence-corrected chi connectivity index (χ4v) is 2.83. The van der Waals surface area contributed by atoms with Crippen LogP contribution in [0, 0.1) is 6.92 Å². The van der Waals surface area contributed by atoms with Gasteiger partial charge in [0, 0.05) is 18.1 Å². The smallest absolute Gasteiger partial charge is 0.343 e. The van der Waals surface area contributed by atoms with Crippen molar-refractivity contribution in [3.05, 3.63) is 33.5 Å². The molecule has 0 saturated heterocycles. The average molecular weight is 332 g/mol. The number of carbonyl (C=O) groups excluding carboxylic acids is 1. The zero-order valence-corrected chi connectivity index (χ0v) is 13.0. The molecule has 0 aromatic carbocycles. The van der Waals surface area contributed by atoms with Gasteiger partial charge in [-0.1, -0.05) is 6.92 Å². The lowest BCUT2D eigenvalue weighted by Gasteiger charge is -2.14. The maximum Gasteiger partial charge on any atom is 0.434 e. The Bertz CT molecular complexity index is 677. The predicted octanol–water partition coefficient (Wildman–Crippen LogP) is 3.08. The Morgan fingerprint density at radius 1 is 1.50 bits per heavy atom. The lowest BCUT2D eigenvalue weighted by molar-refractivity contribution is -0.140. The van der Waals surface area contributed by atoms with E-state index in [-0.39, 0.29) is 10.9 Å². The number of nitrogens with one attached hydrogen (secondary N) is 1. The van der Waals surface area contributed by atoms with Gasteiger partial charge in [-0.25, -0.2) is 4.98 Å². The van der Waals surface area contributed by atoms with Gasteiger partial charge in [-0.3, -0.25) is 9.48 Å². The van der Waals surface area contributed by atoms with Gasteiger partial charge in [0.25, 0.3) is 5.91 Å². The number of hydrogen-bond donors (Lipinski definition) is 1. The molecule has 0 radical (unpaired) electrons. The third-order valence-electron chi connectivity index (χ3n) is 3.30. The summed E-state index contributed by atoms with van der Waals surface area (Å²) >= 11 is 0.889. The van der Waals surface area contributed by atoms with Crippen LogP contribution in [0.3, 0.4) is 0 Å². The molecule has 0 bridgehead atoms. The Hall–Kier alpha value is -1.90. The second-order valence-electron chi connectivity index (χ2n) is 4.77. The van der Waals surface area contributed by atoms with Crippen molar-refractivity contribution in [2.24, 2.45) is 7.05 Å². The third kappa shape index (κ3) is 3.29. The van der Waals surface area contributed by atoms with Gasteiger partial charge in [0.2, 0.25) is 0 Å². The minimum Gasteiger partial charge on any atom is -0.343 e. The molecule has 0 unspecified atom stereocenters. The molecule has 0 spiro atoms. The Morgan fingerprint density at radius 2 is 2.18 bits per heavy atom. The van der Waals surface area contributed by atoms with Crippen LogP contribution in [0.1, 0.15) is 46.1 Å². The van der Waals surface area contributed by atoms with Crippen molar-refractivity contribution in [3.63, 3.8) is 0 Å². The Morgan fingerprint density at radius 3 is 2.64 bits per heavy atom. The summed E-state index contributed by atoms with van der Waals surface area (Å²) in [5, 5.41) is 7.88. The van der Waals surface area contributed by atoms with Crippen molar-refractivity contribution in [3.8, 4) is 0 Å². The molecule has 1 N–H and O–H groups in total. The molecule has 0 saturated carbocycles. The van der Waals surface area contributed by atoms with E-state index in [0.717, 1.165) is 16.7 Å². The first-order valence-corrected chi connectivity index (χ1v) is 7.44. The highest BCUT2D eigenvalue weighted by Gasteiger charge is 2.34. The molecular formula is C13H15F3N4OS. The SMILES string of the molecule is CC[C@H](NC(=O)c1cnn(C)c1C)c1nc(C(F)(F)F)cs1. The molecule has 5 nitrogen and oxygen atoms in total. The van der Waals surface area contributed by atoms with Crippen molar-refractivity contribution in [1.29, 1.82) is 0 Å². The first-order valence-electron chi connectivity index (χ1n) is 6.56. The van der Waals surface area contributed by atoms with E-state index in [1.807, 2.05) is 0 Å². The molecular weight excluding hydrogens is 317 g/mol. The van der Waals surface area contributed by atoms with Gasteiger partial charge < -0.3 is 5.32 Å². The number of hydrogen-bond acceptors (Lipinski definition) is 4. The van der Waals surface area contributed by atoms with Crippen molar-refractivity contribution >= 4 is 17.2 Å². The topological polar surface area (TPSA) is 59.8 Å². The molecule has 2 heterocycles. The summed E-state index contributed by atoms with van der Waals surface area (Å²) in [6.07, 6.45) is -2.60. The number of aryl methyl sites for hydroxylation is 1. The van der Waals surface area contributed by atoms with Crippen LogP contribution in [0.15, 0.2) is 11.6 Å². The molecule has 2 rings (SSSR count). The molecule has 0 aliphatic rings. The van der Waals surface area contributed by atoms with Gasteiger partial charge in [-0.2, -0.15) is 18.3 Å². The molecule has 0 aliphatic carbocycles. The summed E-state index contributed by atoms with van der Waals surface area (Å²) < 4.78 is 39.3. The minimum atomic E-state index is -4.48. The summed E-state index contributed by atoms with van der Waals surface area (Å²) in [6.45, 7) is 3.52. The van der Waals surface area contributed by atoms with E-state index in [1.165, 1.54) is 6.20 Å².